The Morgan fingerprint density at radius 1 is 0.630 bits per heavy atom. The molecule has 0 aromatic heterocycles. The molecule has 0 saturated carbocycles. The fourth-order valence-corrected chi connectivity index (χ4v) is 4.44. The summed E-state index contributed by atoms with van der Waals surface area (Å²) in [6, 6.07) is 15.8. The number of carboxylic acids is 2. The van der Waals surface area contributed by atoms with Gasteiger partial charge in [0.15, 0.2) is 0 Å². The van der Waals surface area contributed by atoms with E-state index in [9.17, 15) is 19.8 Å². The van der Waals surface area contributed by atoms with E-state index in [0.29, 0.717) is 15.8 Å². The lowest BCUT2D eigenvalue weighted by Crippen LogP contribution is -2.01. The molecule has 2 N–H and O–H groups in total. The molecule has 0 atom stereocenters. The summed E-state index contributed by atoms with van der Waals surface area (Å²) in [6.07, 6.45) is 0. The average molecular weight is 375 g/mol. The normalized spacial score (nSPS) is 11.7. The number of hydrogen-bond donors (Lipinski definition) is 2. The summed E-state index contributed by atoms with van der Waals surface area (Å²) in [5.41, 5.74) is 0.378. The number of fused-ring (bicyclic) bond motifs is 2. The van der Waals surface area contributed by atoms with Crippen LogP contribution >= 0.6 is 11.6 Å². The molecule has 130 valence electrons. The van der Waals surface area contributed by atoms with Crippen molar-refractivity contribution >= 4 is 66.6 Å². The van der Waals surface area contributed by atoms with Gasteiger partial charge in [-0.05, 0) is 49.8 Å². The monoisotopic (exact) mass is 374 g/mol. The second kappa shape index (κ2) is 5.32. The number of hydrogen-bond acceptors (Lipinski definition) is 2. The molecule has 0 heterocycles. The Morgan fingerprint density at radius 2 is 1.19 bits per heavy atom. The fraction of sp³-hybridized carbons (Fsp3) is 0. The van der Waals surface area contributed by atoms with Crippen molar-refractivity contribution in [1.29, 1.82) is 0 Å². The van der Waals surface area contributed by atoms with Crippen LogP contribution in [0.5, 0.6) is 0 Å². The third-order valence-corrected chi connectivity index (χ3v) is 5.47. The lowest BCUT2D eigenvalue weighted by molar-refractivity contribution is 0.0688. The van der Waals surface area contributed by atoms with Crippen LogP contribution in [0.1, 0.15) is 20.7 Å². The van der Waals surface area contributed by atoms with E-state index in [-0.39, 0.29) is 11.1 Å². The van der Waals surface area contributed by atoms with Gasteiger partial charge >= 0.3 is 11.9 Å². The molecule has 0 fully saturated rings. The predicted molar refractivity (Wildman–Crippen MR) is 107 cm³/mol. The fourth-order valence-electron chi connectivity index (χ4n) is 4.13. The number of carbonyl (C=O) groups is 2. The Hall–Kier alpha value is -3.37. The highest BCUT2D eigenvalue weighted by atomic mass is 35.5. The summed E-state index contributed by atoms with van der Waals surface area (Å²) < 4.78 is 0. The quantitative estimate of drug-likeness (QED) is 0.303. The van der Waals surface area contributed by atoms with Gasteiger partial charge in [0.05, 0.1) is 11.1 Å². The first-order valence-electron chi connectivity index (χ1n) is 8.27. The zero-order valence-electron chi connectivity index (χ0n) is 13.8. The van der Waals surface area contributed by atoms with Crippen LogP contribution in [0.3, 0.4) is 0 Å². The molecular formula is C22H11ClO4. The Kier molecular flexibility index (Phi) is 3.12. The molecule has 0 aliphatic heterocycles. The third kappa shape index (κ3) is 1.99. The first-order chi connectivity index (χ1) is 13.0. The van der Waals surface area contributed by atoms with E-state index in [0.717, 1.165) is 32.3 Å². The van der Waals surface area contributed by atoms with Gasteiger partial charge in [-0.25, -0.2) is 9.59 Å². The number of halogens is 1. The standard InChI is InChI=1S/C22H11ClO4/c23-17-9-16(22(26)27)12-5-1-3-10-13-7-8-14(21(24)25)11-4-2-6-15(18(11)13)20(17)19(10)12/h1-9H,(H,24,25)(H,26,27). The van der Waals surface area contributed by atoms with Gasteiger partial charge in [0, 0.05) is 10.4 Å². The van der Waals surface area contributed by atoms with Gasteiger partial charge in [0.2, 0.25) is 0 Å². The van der Waals surface area contributed by atoms with Crippen molar-refractivity contribution in [3.8, 4) is 0 Å². The first kappa shape index (κ1) is 15.9. The van der Waals surface area contributed by atoms with Crippen LogP contribution in [0.2, 0.25) is 5.02 Å². The molecule has 5 heteroatoms. The van der Waals surface area contributed by atoms with Gasteiger partial charge in [0.25, 0.3) is 0 Å². The number of carboxylic acid groups (broad SMARTS) is 2. The van der Waals surface area contributed by atoms with Crippen molar-refractivity contribution in [2.45, 2.75) is 0 Å². The van der Waals surface area contributed by atoms with Crippen molar-refractivity contribution < 1.29 is 19.8 Å². The topological polar surface area (TPSA) is 74.6 Å². The van der Waals surface area contributed by atoms with E-state index in [2.05, 4.69) is 0 Å². The van der Waals surface area contributed by atoms with Gasteiger partial charge in [-0.1, -0.05) is 54.1 Å². The van der Waals surface area contributed by atoms with E-state index in [1.807, 2.05) is 18.2 Å². The smallest absolute Gasteiger partial charge is 0.336 e. The molecule has 5 aromatic carbocycles. The van der Waals surface area contributed by atoms with Crippen molar-refractivity contribution in [2.75, 3.05) is 0 Å². The lowest BCUT2D eigenvalue weighted by atomic mass is 9.87. The van der Waals surface area contributed by atoms with Crippen LogP contribution in [-0.4, -0.2) is 22.2 Å². The van der Waals surface area contributed by atoms with E-state index in [1.165, 1.54) is 6.07 Å². The lowest BCUT2D eigenvalue weighted by Gasteiger charge is -2.17. The third-order valence-electron chi connectivity index (χ3n) is 5.18. The van der Waals surface area contributed by atoms with E-state index in [4.69, 9.17) is 11.6 Å². The Labute approximate surface area is 157 Å². The van der Waals surface area contributed by atoms with Gasteiger partial charge in [-0.2, -0.15) is 0 Å². The van der Waals surface area contributed by atoms with Crippen molar-refractivity contribution in [3.05, 3.63) is 70.7 Å². The Morgan fingerprint density at radius 3 is 1.85 bits per heavy atom. The van der Waals surface area contributed by atoms with Crippen LogP contribution in [-0.2, 0) is 0 Å². The minimum atomic E-state index is -1.04. The molecule has 0 bridgehead atoms. The molecule has 0 aliphatic carbocycles. The molecule has 0 aliphatic rings. The van der Waals surface area contributed by atoms with E-state index >= 15 is 0 Å². The highest BCUT2D eigenvalue weighted by Gasteiger charge is 2.21. The van der Waals surface area contributed by atoms with Crippen LogP contribution in [0.4, 0.5) is 0 Å². The van der Waals surface area contributed by atoms with Gasteiger partial charge in [-0.3, -0.25) is 0 Å². The van der Waals surface area contributed by atoms with E-state index in [1.54, 1.807) is 30.3 Å². The molecule has 0 amide bonds. The van der Waals surface area contributed by atoms with Crippen molar-refractivity contribution in [2.24, 2.45) is 0 Å². The number of rotatable bonds is 2. The highest BCUT2D eigenvalue weighted by Crippen LogP contribution is 2.44. The molecule has 5 aromatic rings. The summed E-state index contributed by atoms with van der Waals surface area (Å²) in [6.45, 7) is 0. The Bertz CT molecular complexity index is 1440. The molecular weight excluding hydrogens is 364 g/mol. The van der Waals surface area contributed by atoms with Gasteiger partial charge in [0.1, 0.15) is 0 Å². The minimum Gasteiger partial charge on any atom is -0.478 e. The first-order valence-corrected chi connectivity index (χ1v) is 8.65. The highest BCUT2D eigenvalue weighted by molar-refractivity contribution is 6.44. The summed E-state index contributed by atoms with van der Waals surface area (Å²) in [5, 5.41) is 25.7. The van der Waals surface area contributed by atoms with Crippen molar-refractivity contribution in [3.63, 3.8) is 0 Å². The van der Waals surface area contributed by atoms with E-state index < -0.39 is 11.9 Å². The number of aromatic carboxylic acids is 2. The molecule has 27 heavy (non-hydrogen) atoms. The molecule has 0 spiro atoms. The number of benzene rings is 5. The van der Waals surface area contributed by atoms with Crippen LogP contribution < -0.4 is 0 Å². The minimum absolute atomic E-state index is 0.151. The molecule has 0 unspecified atom stereocenters. The largest absolute Gasteiger partial charge is 0.478 e. The molecule has 0 saturated heterocycles. The molecule has 5 rings (SSSR count). The SMILES string of the molecule is O=C(O)c1ccc2c3cccc4c(C(=O)O)cc(Cl)c(c5cccc1c25)c43. The summed E-state index contributed by atoms with van der Waals surface area (Å²) >= 11 is 6.53. The second-order valence-corrected chi connectivity index (χ2v) is 6.92. The predicted octanol–water partition coefficient (Wildman–Crippen LogP) is 5.79. The molecule has 0 radical (unpaired) electrons. The average Bonchev–Trinajstić information content (AvgIpc) is 2.65. The van der Waals surface area contributed by atoms with Crippen LogP contribution in [0.25, 0.3) is 43.1 Å². The zero-order chi connectivity index (χ0) is 18.9. The Balaban J connectivity index is 2.18. The van der Waals surface area contributed by atoms with Crippen LogP contribution in [0, 0.1) is 0 Å². The molecule has 4 nitrogen and oxygen atoms in total. The van der Waals surface area contributed by atoms with Gasteiger partial charge in [-0.15, -0.1) is 0 Å². The summed E-state index contributed by atoms with van der Waals surface area (Å²) in [4.78, 5) is 23.4. The maximum Gasteiger partial charge on any atom is 0.336 e. The second-order valence-electron chi connectivity index (χ2n) is 6.51. The van der Waals surface area contributed by atoms with Crippen molar-refractivity contribution in [1.82, 2.24) is 0 Å². The maximum atomic E-state index is 11.7. The van der Waals surface area contributed by atoms with Crippen LogP contribution in [0.15, 0.2) is 54.6 Å². The zero-order valence-corrected chi connectivity index (χ0v) is 14.5. The van der Waals surface area contributed by atoms with Gasteiger partial charge < -0.3 is 10.2 Å². The summed E-state index contributed by atoms with van der Waals surface area (Å²) in [7, 11) is 0. The maximum absolute atomic E-state index is 11.7. The summed E-state index contributed by atoms with van der Waals surface area (Å²) in [5.74, 6) is -2.03.